The number of aliphatic hydroxyl groups is 2. The fraction of sp³-hybridized carbons (Fsp3) is 0.891. The predicted octanol–water partition coefficient (Wildman–Crippen LogP) is 16.3. The van der Waals surface area contributed by atoms with Crippen molar-refractivity contribution in [3.8, 4) is 0 Å². The lowest BCUT2D eigenvalue weighted by atomic mass is 10.0. The average Bonchev–Trinajstić information content (AvgIpc) is 3.26. The highest BCUT2D eigenvalue weighted by atomic mass is 16.5. The molecule has 1 amide bonds. The second-order valence-corrected chi connectivity index (χ2v) is 18.6. The Kier molecular flexibility index (Phi) is 49.6. The highest BCUT2D eigenvalue weighted by Gasteiger charge is 2.20. The first-order valence-electron chi connectivity index (χ1n) is 27.1. The summed E-state index contributed by atoms with van der Waals surface area (Å²) in [6, 6.07) is -0.559. The lowest BCUT2D eigenvalue weighted by Crippen LogP contribution is -2.45. The first kappa shape index (κ1) is 59.3. The highest BCUT2D eigenvalue weighted by molar-refractivity contribution is 5.76. The molecule has 0 aliphatic heterocycles. The fourth-order valence-corrected chi connectivity index (χ4v) is 8.28. The Morgan fingerprint density at radius 1 is 0.443 bits per heavy atom. The number of hydrogen-bond donors (Lipinski definition) is 3. The third-order valence-corrected chi connectivity index (χ3v) is 12.5. The first-order chi connectivity index (χ1) is 30.0. The van der Waals surface area contributed by atoms with Crippen LogP contribution in [0, 0.1) is 0 Å². The smallest absolute Gasteiger partial charge is 0.305 e. The Bertz CT molecular complexity index is 951. The monoisotopic (exact) mass is 860 g/mol. The minimum Gasteiger partial charge on any atom is -0.466 e. The number of aliphatic hydroxyl groups excluding tert-OH is 2. The van der Waals surface area contributed by atoms with Crippen molar-refractivity contribution in [2.45, 2.75) is 302 Å². The molecule has 360 valence electrons. The number of carbonyl (C=O) groups is 2. The van der Waals surface area contributed by atoms with Gasteiger partial charge in [0.25, 0.3) is 0 Å². The maximum absolute atomic E-state index is 12.4. The Morgan fingerprint density at radius 2 is 0.770 bits per heavy atom. The van der Waals surface area contributed by atoms with Crippen LogP contribution in [0.1, 0.15) is 290 Å². The molecule has 3 N–H and O–H groups in total. The van der Waals surface area contributed by atoms with E-state index in [-0.39, 0.29) is 18.5 Å². The molecule has 0 heterocycles. The summed E-state index contributed by atoms with van der Waals surface area (Å²) in [6.07, 6.45) is 60.1. The molecular formula is C55H105NO5. The quantitative estimate of drug-likeness (QED) is 0.0322. The number of allylic oxidation sites excluding steroid dienone is 4. The van der Waals surface area contributed by atoms with Gasteiger partial charge in [-0.1, -0.05) is 218 Å². The topological polar surface area (TPSA) is 95.9 Å². The van der Waals surface area contributed by atoms with E-state index in [9.17, 15) is 19.8 Å². The van der Waals surface area contributed by atoms with E-state index in [1.54, 1.807) is 0 Å². The van der Waals surface area contributed by atoms with Crippen LogP contribution in [-0.2, 0) is 14.3 Å². The molecule has 0 aromatic heterocycles. The lowest BCUT2D eigenvalue weighted by Gasteiger charge is -2.22. The van der Waals surface area contributed by atoms with E-state index in [1.165, 1.54) is 180 Å². The molecule has 61 heavy (non-hydrogen) atoms. The molecule has 0 aromatic carbocycles. The van der Waals surface area contributed by atoms with Crippen molar-refractivity contribution in [3.63, 3.8) is 0 Å². The number of amides is 1. The molecule has 0 fully saturated rings. The Balaban J connectivity index is 3.48. The lowest BCUT2D eigenvalue weighted by molar-refractivity contribution is -0.143. The van der Waals surface area contributed by atoms with Crippen molar-refractivity contribution in [3.05, 3.63) is 24.3 Å². The molecule has 0 rings (SSSR count). The van der Waals surface area contributed by atoms with Crippen LogP contribution in [0.5, 0.6) is 0 Å². The van der Waals surface area contributed by atoms with Gasteiger partial charge in [-0.2, -0.15) is 0 Å². The number of ether oxygens (including phenoxy) is 1. The summed E-state index contributed by atoms with van der Waals surface area (Å²) in [5.74, 6) is -0.0840. The van der Waals surface area contributed by atoms with Crippen LogP contribution in [0.25, 0.3) is 0 Å². The third kappa shape index (κ3) is 47.7. The van der Waals surface area contributed by atoms with Gasteiger partial charge in [0.15, 0.2) is 0 Å². The number of hydrogen-bond acceptors (Lipinski definition) is 5. The van der Waals surface area contributed by atoms with Crippen molar-refractivity contribution >= 4 is 11.9 Å². The zero-order valence-corrected chi connectivity index (χ0v) is 40.9. The second kappa shape index (κ2) is 51.0. The molecule has 2 unspecified atom stereocenters. The maximum Gasteiger partial charge on any atom is 0.305 e. The van der Waals surface area contributed by atoms with E-state index in [0.29, 0.717) is 25.9 Å². The van der Waals surface area contributed by atoms with E-state index >= 15 is 0 Å². The molecule has 0 aliphatic carbocycles. The summed E-state index contributed by atoms with van der Waals surface area (Å²) < 4.78 is 5.46. The molecule has 0 saturated carbocycles. The van der Waals surface area contributed by atoms with Gasteiger partial charge in [0.05, 0.1) is 25.4 Å². The van der Waals surface area contributed by atoms with E-state index in [1.807, 2.05) is 0 Å². The number of esters is 1. The molecule has 0 radical (unpaired) electrons. The van der Waals surface area contributed by atoms with Crippen molar-refractivity contribution in [2.75, 3.05) is 13.2 Å². The van der Waals surface area contributed by atoms with Gasteiger partial charge >= 0.3 is 5.97 Å². The summed E-state index contributed by atoms with van der Waals surface area (Å²) in [7, 11) is 0. The van der Waals surface area contributed by atoms with Crippen LogP contribution in [0.3, 0.4) is 0 Å². The van der Waals surface area contributed by atoms with Crippen LogP contribution >= 0.6 is 0 Å². The standard InChI is InChI=1S/C55H105NO5/c1-3-5-7-9-11-13-15-17-18-19-20-21-22-24-29-33-37-41-45-49-55(60)61-50-46-42-38-34-30-26-25-28-32-36-40-44-48-54(59)56-52(51-57)53(58)47-43-39-35-31-27-23-16-14-12-10-8-6-4-2/h17-18,26,30,52-53,57-58H,3-16,19-25,27-29,31-51H2,1-2H3,(H,56,59)/b18-17-,30-26-. The molecule has 6 nitrogen and oxygen atoms in total. The summed E-state index contributed by atoms with van der Waals surface area (Å²) >= 11 is 0. The van der Waals surface area contributed by atoms with Gasteiger partial charge in [0, 0.05) is 12.8 Å². The van der Waals surface area contributed by atoms with Crippen molar-refractivity contribution < 1.29 is 24.5 Å². The minimum atomic E-state index is -0.679. The Labute approximate surface area is 380 Å². The largest absolute Gasteiger partial charge is 0.466 e. The second-order valence-electron chi connectivity index (χ2n) is 18.6. The number of carbonyl (C=O) groups excluding carboxylic acids is 2. The molecular weight excluding hydrogens is 755 g/mol. The molecule has 6 heteroatoms. The molecule has 0 aromatic rings. The van der Waals surface area contributed by atoms with Gasteiger partial charge in [0.2, 0.25) is 5.91 Å². The van der Waals surface area contributed by atoms with Crippen molar-refractivity contribution in [2.24, 2.45) is 0 Å². The van der Waals surface area contributed by atoms with Gasteiger partial charge in [0.1, 0.15) is 0 Å². The molecule has 0 bridgehead atoms. The number of unbranched alkanes of at least 4 members (excludes halogenated alkanes) is 35. The maximum atomic E-state index is 12.4. The summed E-state index contributed by atoms with van der Waals surface area (Å²) in [5, 5.41) is 23.2. The van der Waals surface area contributed by atoms with Crippen LogP contribution in [0.15, 0.2) is 24.3 Å². The molecule has 0 spiro atoms. The van der Waals surface area contributed by atoms with Crippen molar-refractivity contribution in [1.82, 2.24) is 5.32 Å². The van der Waals surface area contributed by atoms with E-state index < -0.39 is 12.1 Å². The van der Waals surface area contributed by atoms with E-state index in [0.717, 1.165) is 77.0 Å². The van der Waals surface area contributed by atoms with Crippen LogP contribution in [0.2, 0.25) is 0 Å². The Hall–Kier alpha value is -1.66. The van der Waals surface area contributed by atoms with Gasteiger partial charge in [-0.15, -0.1) is 0 Å². The third-order valence-electron chi connectivity index (χ3n) is 12.5. The molecule has 2 atom stereocenters. The Morgan fingerprint density at radius 3 is 1.16 bits per heavy atom. The van der Waals surface area contributed by atoms with Gasteiger partial charge < -0.3 is 20.3 Å². The molecule has 0 saturated heterocycles. The fourth-order valence-electron chi connectivity index (χ4n) is 8.28. The van der Waals surface area contributed by atoms with Crippen LogP contribution in [-0.4, -0.2) is 47.4 Å². The van der Waals surface area contributed by atoms with Crippen LogP contribution in [0.4, 0.5) is 0 Å². The van der Waals surface area contributed by atoms with Gasteiger partial charge in [-0.05, 0) is 83.5 Å². The molecule has 0 aliphatic rings. The minimum absolute atomic E-state index is 0.0232. The van der Waals surface area contributed by atoms with Gasteiger partial charge in [-0.25, -0.2) is 0 Å². The predicted molar refractivity (Wildman–Crippen MR) is 264 cm³/mol. The normalized spacial score (nSPS) is 12.8. The first-order valence-corrected chi connectivity index (χ1v) is 27.1. The van der Waals surface area contributed by atoms with Gasteiger partial charge in [-0.3, -0.25) is 9.59 Å². The average molecular weight is 860 g/mol. The van der Waals surface area contributed by atoms with E-state index in [4.69, 9.17) is 4.74 Å². The highest BCUT2D eigenvalue weighted by Crippen LogP contribution is 2.16. The summed E-state index contributed by atoms with van der Waals surface area (Å²) in [6.45, 7) is 4.89. The zero-order chi connectivity index (χ0) is 44.4. The summed E-state index contributed by atoms with van der Waals surface area (Å²) in [4.78, 5) is 24.5. The van der Waals surface area contributed by atoms with E-state index in [2.05, 4.69) is 43.5 Å². The number of rotatable bonds is 50. The van der Waals surface area contributed by atoms with Crippen LogP contribution < -0.4 is 5.32 Å². The SMILES string of the molecule is CCCCCCCC/C=C\CCCCCCCCCCCC(=O)OCCCCC/C=C\CCCCCCCC(=O)NC(CO)C(O)CCCCCCCCCCCCCCC. The zero-order valence-electron chi connectivity index (χ0n) is 40.9. The van der Waals surface area contributed by atoms with Crippen molar-refractivity contribution in [1.29, 1.82) is 0 Å². The summed E-state index contributed by atoms with van der Waals surface area (Å²) in [5.41, 5.74) is 0. The number of nitrogens with one attached hydrogen (secondary N) is 1.